The molecule has 3 heteroatoms. The first-order valence-corrected chi connectivity index (χ1v) is 6.38. The van der Waals surface area contributed by atoms with Crippen molar-refractivity contribution in [3.8, 4) is 0 Å². The van der Waals surface area contributed by atoms with Crippen molar-refractivity contribution in [1.29, 1.82) is 0 Å². The van der Waals surface area contributed by atoms with E-state index < -0.39 is 0 Å². The summed E-state index contributed by atoms with van der Waals surface area (Å²) in [6, 6.07) is 0.587. The maximum absolute atomic E-state index is 12.1. The Morgan fingerprint density at radius 3 is 2.56 bits per heavy atom. The third-order valence-corrected chi connectivity index (χ3v) is 3.58. The van der Waals surface area contributed by atoms with Crippen molar-refractivity contribution < 1.29 is 4.79 Å². The highest BCUT2D eigenvalue weighted by molar-refractivity contribution is 5.82. The molecule has 3 nitrogen and oxygen atoms in total. The lowest BCUT2D eigenvalue weighted by Crippen LogP contribution is -2.42. The minimum absolute atomic E-state index is 0.243. The van der Waals surface area contributed by atoms with Crippen LogP contribution in [0.1, 0.15) is 40.5 Å². The van der Waals surface area contributed by atoms with Crippen LogP contribution in [0.25, 0.3) is 0 Å². The van der Waals surface area contributed by atoms with Crippen molar-refractivity contribution in [3.05, 3.63) is 0 Å². The molecule has 1 heterocycles. The Morgan fingerprint density at radius 1 is 1.38 bits per heavy atom. The maximum Gasteiger partial charge on any atom is 0.229 e. The number of amides is 1. The normalized spacial score (nSPS) is 24.3. The summed E-state index contributed by atoms with van der Waals surface area (Å²) in [4.78, 5) is 16.4. The van der Waals surface area contributed by atoms with Crippen LogP contribution in [0, 0.1) is 5.41 Å². The summed E-state index contributed by atoms with van der Waals surface area (Å²) < 4.78 is 0. The lowest BCUT2D eigenvalue weighted by molar-refractivity contribution is -0.137. The second kappa shape index (κ2) is 5.17. The summed E-state index contributed by atoms with van der Waals surface area (Å²) in [5.74, 6) is 0.277. The molecule has 0 saturated carbocycles. The molecule has 1 unspecified atom stereocenters. The molecule has 1 aliphatic heterocycles. The predicted molar refractivity (Wildman–Crippen MR) is 67.4 cm³/mol. The van der Waals surface area contributed by atoms with Crippen molar-refractivity contribution in [3.63, 3.8) is 0 Å². The summed E-state index contributed by atoms with van der Waals surface area (Å²) in [6.07, 6.45) is 2.43. The first-order chi connectivity index (χ1) is 7.38. The lowest BCUT2D eigenvalue weighted by Gasteiger charge is -2.32. The van der Waals surface area contributed by atoms with Gasteiger partial charge in [0.2, 0.25) is 5.91 Å². The van der Waals surface area contributed by atoms with Crippen molar-refractivity contribution in [2.75, 3.05) is 26.7 Å². The molecule has 0 aromatic carbocycles. The largest absolute Gasteiger partial charge is 0.344 e. The van der Waals surface area contributed by atoms with Gasteiger partial charge in [-0.25, -0.2) is 0 Å². The number of nitrogens with zero attached hydrogens (tertiary/aromatic N) is 2. The van der Waals surface area contributed by atoms with Gasteiger partial charge in [-0.2, -0.15) is 0 Å². The van der Waals surface area contributed by atoms with Crippen LogP contribution in [-0.2, 0) is 4.79 Å². The van der Waals surface area contributed by atoms with E-state index in [2.05, 4.69) is 32.6 Å². The van der Waals surface area contributed by atoms with Crippen molar-refractivity contribution in [1.82, 2.24) is 9.80 Å². The molecule has 94 valence electrons. The Balaban J connectivity index is 2.73. The number of carbonyl (C=O) groups excluding carboxylic acids is 1. The van der Waals surface area contributed by atoms with E-state index in [0.29, 0.717) is 6.04 Å². The molecule has 0 bridgehead atoms. The van der Waals surface area contributed by atoms with E-state index in [9.17, 15) is 4.79 Å². The molecule has 0 aliphatic carbocycles. The predicted octanol–water partition coefficient (Wildman–Crippen LogP) is 1.98. The van der Waals surface area contributed by atoms with Gasteiger partial charge in [0.25, 0.3) is 0 Å². The van der Waals surface area contributed by atoms with Gasteiger partial charge in [0.1, 0.15) is 0 Å². The van der Waals surface area contributed by atoms with Gasteiger partial charge >= 0.3 is 0 Å². The third-order valence-electron chi connectivity index (χ3n) is 3.58. The highest BCUT2D eigenvalue weighted by atomic mass is 16.2. The van der Waals surface area contributed by atoms with Crippen LogP contribution in [0.15, 0.2) is 0 Å². The molecule has 0 aromatic rings. The molecule has 1 rings (SSSR count). The van der Waals surface area contributed by atoms with E-state index in [-0.39, 0.29) is 11.3 Å². The summed E-state index contributed by atoms with van der Waals surface area (Å²) in [6.45, 7) is 11.4. The molecular weight excluding hydrogens is 200 g/mol. The standard InChI is InChI=1S/C13H26N2O/c1-6-7-11(2)15-9-8-14(5)12(16)13(3,4)10-15/h11H,6-10H2,1-5H3. The maximum atomic E-state index is 12.1. The summed E-state index contributed by atoms with van der Waals surface area (Å²) >= 11 is 0. The SMILES string of the molecule is CCCC(C)N1CCN(C)C(=O)C(C)(C)C1. The molecule has 0 radical (unpaired) electrons. The van der Waals surface area contributed by atoms with Crippen LogP contribution in [0.5, 0.6) is 0 Å². The van der Waals surface area contributed by atoms with Gasteiger partial charge in [-0.05, 0) is 27.2 Å². The van der Waals surface area contributed by atoms with Crippen LogP contribution >= 0.6 is 0 Å². The molecule has 0 spiro atoms. The first kappa shape index (κ1) is 13.5. The second-order valence-corrected chi connectivity index (χ2v) is 5.72. The van der Waals surface area contributed by atoms with Crippen molar-refractivity contribution in [2.45, 2.75) is 46.6 Å². The van der Waals surface area contributed by atoms with E-state index in [1.807, 2.05) is 11.9 Å². The summed E-state index contributed by atoms with van der Waals surface area (Å²) in [7, 11) is 1.91. The van der Waals surface area contributed by atoms with Crippen molar-refractivity contribution >= 4 is 5.91 Å². The Hall–Kier alpha value is -0.570. The van der Waals surface area contributed by atoms with E-state index in [1.165, 1.54) is 12.8 Å². The Kier molecular flexibility index (Phi) is 4.36. The van der Waals surface area contributed by atoms with Gasteiger partial charge in [-0.3, -0.25) is 9.69 Å². The third kappa shape index (κ3) is 2.97. The van der Waals surface area contributed by atoms with Crippen LogP contribution < -0.4 is 0 Å². The van der Waals surface area contributed by atoms with E-state index in [1.54, 1.807) is 0 Å². The minimum atomic E-state index is -0.243. The highest BCUT2D eigenvalue weighted by Crippen LogP contribution is 2.24. The van der Waals surface area contributed by atoms with Gasteiger partial charge in [0.15, 0.2) is 0 Å². The second-order valence-electron chi connectivity index (χ2n) is 5.72. The molecule has 0 N–H and O–H groups in total. The monoisotopic (exact) mass is 226 g/mol. The molecule has 1 amide bonds. The van der Waals surface area contributed by atoms with Crippen LogP contribution in [0.4, 0.5) is 0 Å². The number of likely N-dealkylation sites (N-methyl/N-ethyl adjacent to an activating group) is 1. The van der Waals surface area contributed by atoms with Gasteiger partial charge in [-0.15, -0.1) is 0 Å². The van der Waals surface area contributed by atoms with Gasteiger partial charge in [0, 0.05) is 32.7 Å². The fourth-order valence-corrected chi connectivity index (χ4v) is 2.53. The number of hydrogen-bond donors (Lipinski definition) is 0. The van der Waals surface area contributed by atoms with Crippen LogP contribution in [0.2, 0.25) is 0 Å². The smallest absolute Gasteiger partial charge is 0.229 e. The number of carbonyl (C=O) groups is 1. The first-order valence-electron chi connectivity index (χ1n) is 6.38. The zero-order valence-corrected chi connectivity index (χ0v) is 11.4. The van der Waals surface area contributed by atoms with Gasteiger partial charge < -0.3 is 4.90 Å². The number of rotatable bonds is 3. The Bertz CT molecular complexity index is 250. The zero-order chi connectivity index (χ0) is 12.3. The average Bonchev–Trinajstić information content (AvgIpc) is 2.30. The fourth-order valence-electron chi connectivity index (χ4n) is 2.53. The van der Waals surface area contributed by atoms with E-state index in [0.717, 1.165) is 19.6 Å². The Labute approximate surface area is 99.8 Å². The van der Waals surface area contributed by atoms with Crippen LogP contribution in [0.3, 0.4) is 0 Å². The average molecular weight is 226 g/mol. The zero-order valence-electron chi connectivity index (χ0n) is 11.4. The fraction of sp³-hybridized carbons (Fsp3) is 0.923. The van der Waals surface area contributed by atoms with Gasteiger partial charge in [0.05, 0.1) is 5.41 Å². The molecule has 16 heavy (non-hydrogen) atoms. The molecule has 0 aromatic heterocycles. The van der Waals surface area contributed by atoms with Crippen LogP contribution in [-0.4, -0.2) is 48.4 Å². The lowest BCUT2D eigenvalue weighted by atomic mass is 9.91. The van der Waals surface area contributed by atoms with E-state index in [4.69, 9.17) is 0 Å². The van der Waals surface area contributed by atoms with Crippen molar-refractivity contribution in [2.24, 2.45) is 5.41 Å². The molecular formula is C13H26N2O. The summed E-state index contributed by atoms with van der Waals surface area (Å²) in [5, 5.41) is 0. The molecule has 1 saturated heterocycles. The Morgan fingerprint density at radius 2 is 2.00 bits per heavy atom. The molecule has 1 fully saturated rings. The number of hydrogen-bond acceptors (Lipinski definition) is 2. The van der Waals surface area contributed by atoms with E-state index >= 15 is 0 Å². The topological polar surface area (TPSA) is 23.6 Å². The minimum Gasteiger partial charge on any atom is -0.344 e. The van der Waals surface area contributed by atoms with Gasteiger partial charge in [-0.1, -0.05) is 13.3 Å². The molecule has 1 atom stereocenters. The quantitative estimate of drug-likeness (QED) is 0.734. The molecule has 1 aliphatic rings. The summed E-state index contributed by atoms with van der Waals surface area (Å²) in [5.41, 5.74) is -0.243. The highest BCUT2D eigenvalue weighted by Gasteiger charge is 2.36.